The molecule has 3 heterocycles. The van der Waals surface area contributed by atoms with Crippen molar-refractivity contribution in [1.29, 1.82) is 0 Å². The number of aromatic nitrogens is 5. The Morgan fingerprint density at radius 3 is 2.79 bits per heavy atom. The highest BCUT2D eigenvalue weighted by molar-refractivity contribution is 5.74. The number of fused-ring (bicyclic) bond motifs is 1. The molecule has 0 amide bonds. The molecular formula is C11H11N5O3. The summed E-state index contributed by atoms with van der Waals surface area (Å²) in [4.78, 5) is 32.7. The standard InChI is InChI=1S/C11H11N5O3/c1-3-16-9-7(10(17)14-11(16)18)12-8(13-9)6-4-5(2)15-19-6/h4H,3H2,1-2H3,(H,12,13)(H,14,17,18). The highest BCUT2D eigenvalue weighted by Crippen LogP contribution is 2.18. The highest BCUT2D eigenvalue weighted by Gasteiger charge is 2.15. The van der Waals surface area contributed by atoms with Gasteiger partial charge in [-0.25, -0.2) is 9.78 Å². The van der Waals surface area contributed by atoms with Gasteiger partial charge in [-0.15, -0.1) is 0 Å². The van der Waals surface area contributed by atoms with E-state index in [2.05, 4.69) is 20.1 Å². The van der Waals surface area contributed by atoms with E-state index in [1.54, 1.807) is 19.9 Å². The van der Waals surface area contributed by atoms with Crippen LogP contribution in [0.15, 0.2) is 20.2 Å². The van der Waals surface area contributed by atoms with E-state index < -0.39 is 11.2 Å². The third kappa shape index (κ3) is 1.68. The molecule has 0 aromatic carbocycles. The fraction of sp³-hybridized carbons (Fsp3) is 0.273. The van der Waals surface area contributed by atoms with Crippen LogP contribution in [0.2, 0.25) is 0 Å². The second kappa shape index (κ2) is 3.94. The van der Waals surface area contributed by atoms with E-state index in [1.165, 1.54) is 4.57 Å². The van der Waals surface area contributed by atoms with Gasteiger partial charge >= 0.3 is 5.69 Å². The maximum Gasteiger partial charge on any atom is 0.330 e. The van der Waals surface area contributed by atoms with Crippen LogP contribution >= 0.6 is 0 Å². The van der Waals surface area contributed by atoms with Crippen LogP contribution in [0.3, 0.4) is 0 Å². The molecule has 3 aromatic heterocycles. The van der Waals surface area contributed by atoms with Crippen LogP contribution in [0, 0.1) is 6.92 Å². The normalized spacial score (nSPS) is 11.3. The Hall–Kier alpha value is -2.64. The van der Waals surface area contributed by atoms with E-state index in [-0.39, 0.29) is 5.52 Å². The van der Waals surface area contributed by atoms with Crippen molar-refractivity contribution in [3.8, 4) is 11.6 Å². The largest absolute Gasteiger partial charge is 0.353 e. The third-order valence-electron chi connectivity index (χ3n) is 2.81. The van der Waals surface area contributed by atoms with Gasteiger partial charge in [0, 0.05) is 12.6 Å². The molecule has 0 aliphatic heterocycles. The summed E-state index contributed by atoms with van der Waals surface area (Å²) in [5.74, 6) is 0.789. The first-order chi connectivity index (χ1) is 9.10. The van der Waals surface area contributed by atoms with Crippen molar-refractivity contribution >= 4 is 11.2 Å². The van der Waals surface area contributed by atoms with E-state index in [1.807, 2.05) is 0 Å². The quantitative estimate of drug-likeness (QED) is 0.693. The summed E-state index contributed by atoms with van der Waals surface area (Å²) in [6.07, 6.45) is 0. The van der Waals surface area contributed by atoms with Gasteiger partial charge in [0.1, 0.15) is 5.52 Å². The van der Waals surface area contributed by atoms with Crippen molar-refractivity contribution in [2.24, 2.45) is 0 Å². The lowest BCUT2D eigenvalue weighted by molar-refractivity contribution is 0.425. The minimum absolute atomic E-state index is 0.241. The number of nitrogens with zero attached hydrogens (tertiary/aromatic N) is 3. The first kappa shape index (κ1) is 11.5. The van der Waals surface area contributed by atoms with E-state index >= 15 is 0 Å². The minimum Gasteiger partial charge on any atom is -0.353 e. The Labute approximate surface area is 106 Å². The molecule has 0 aliphatic carbocycles. The number of rotatable bonds is 2. The van der Waals surface area contributed by atoms with Crippen molar-refractivity contribution in [1.82, 2.24) is 24.7 Å². The molecule has 8 nitrogen and oxygen atoms in total. The number of aromatic amines is 2. The van der Waals surface area contributed by atoms with Gasteiger partial charge in [-0.05, 0) is 13.8 Å². The topological polar surface area (TPSA) is 110 Å². The lowest BCUT2D eigenvalue weighted by Crippen LogP contribution is -2.29. The second-order valence-corrected chi connectivity index (χ2v) is 4.12. The summed E-state index contributed by atoms with van der Waals surface area (Å²) in [5, 5.41) is 3.76. The molecule has 0 radical (unpaired) electrons. The van der Waals surface area contributed by atoms with Gasteiger partial charge in [0.25, 0.3) is 5.56 Å². The zero-order chi connectivity index (χ0) is 13.6. The van der Waals surface area contributed by atoms with Crippen molar-refractivity contribution < 1.29 is 4.52 Å². The predicted octanol–water partition coefficient (Wildman–Crippen LogP) is 0.396. The zero-order valence-corrected chi connectivity index (χ0v) is 10.4. The Balaban J connectivity index is 2.34. The van der Waals surface area contributed by atoms with Crippen molar-refractivity contribution in [3.63, 3.8) is 0 Å². The van der Waals surface area contributed by atoms with E-state index in [0.29, 0.717) is 29.5 Å². The molecule has 0 saturated heterocycles. The monoisotopic (exact) mass is 261 g/mol. The summed E-state index contributed by atoms with van der Waals surface area (Å²) >= 11 is 0. The van der Waals surface area contributed by atoms with Crippen molar-refractivity contribution in [3.05, 3.63) is 32.6 Å². The fourth-order valence-corrected chi connectivity index (χ4v) is 1.93. The number of imidazole rings is 1. The van der Waals surface area contributed by atoms with E-state index in [9.17, 15) is 9.59 Å². The van der Waals surface area contributed by atoms with Crippen LogP contribution in [0.4, 0.5) is 0 Å². The Morgan fingerprint density at radius 1 is 1.37 bits per heavy atom. The SMILES string of the molecule is CCn1c(=O)[nH]c(=O)c2[nH]c(-c3cc(C)no3)nc21. The van der Waals surface area contributed by atoms with Crippen molar-refractivity contribution in [2.45, 2.75) is 20.4 Å². The van der Waals surface area contributed by atoms with Crippen LogP contribution in [0.1, 0.15) is 12.6 Å². The number of hydrogen-bond donors (Lipinski definition) is 2. The zero-order valence-electron chi connectivity index (χ0n) is 10.4. The van der Waals surface area contributed by atoms with Crippen LogP contribution in [0.25, 0.3) is 22.7 Å². The highest BCUT2D eigenvalue weighted by atomic mass is 16.5. The van der Waals surface area contributed by atoms with Gasteiger partial charge in [0.05, 0.1) is 5.69 Å². The predicted molar refractivity (Wildman–Crippen MR) is 66.9 cm³/mol. The average molecular weight is 261 g/mol. The molecular weight excluding hydrogens is 250 g/mol. The Morgan fingerprint density at radius 2 is 2.16 bits per heavy atom. The molecule has 0 fully saturated rings. The molecule has 0 unspecified atom stereocenters. The van der Waals surface area contributed by atoms with Crippen molar-refractivity contribution in [2.75, 3.05) is 0 Å². The molecule has 0 aliphatic rings. The molecule has 3 rings (SSSR count). The van der Waals surface area contributed by atoms with Gasteiger partial charge in [-0.2, -0.15) is 0 Å². The maximum atomic E-state index is 11.7. The van der Waals surface area contributed by atoms with Gasteiger partial charge in [-0.3, -0.25) is 14.3 Å². The number of H-pyrrole nitrogens is 2. The lowest BCUT2D eigenvalue weighted by atomic mass is 10.4. The number of nitrogens with one attached hydrogen (secondary N) is 2. The molecule has 8 heteroatoms. The molecule has 3 aromatic rings. The third-order valence-corrected chi connectivity index (χ3v) is 2.81. The summed E-state index contributed by atoms with van der Waals surface area (Å²) in [6, 6.07) is 1.69. The molecule has 2 N–H and O–H groups in total. The van der Waals surface area contributed by atoms with E-state index in [0.717, 1.165) is 0 Å². The summed E-state index contributed by atoms with van der Waals surface area (Å²) < 4.78 is 6.46. The first-order valence-electron chi connectivity index (χ1n) is 5.76. The molecule has 0 bridgehead atoms. The summed E-state index contributed by atoms with van der Waals surface area (Å²) in [5.41, 5.74) is 0.273. The Bertz CT molecular complexity index is 866. The van der Waals surface area contributed by atoms with Crippen LogP contribution in [-0.4, -0.2) is 24.7 Å². The fourth-order valence-electron chi connectivity index (χ4n) is 1.93. The van der Waals surface area contributed by atoms with Crippen LogP contribution in [0.5, 0.6) is 0 Å². The van der Waals surface area contributed by atoms with Gasteiger partial charge < -0.3 is 9.51 Å². The number of hydrogen-bond acceptors (Lipinski definition) is 5. The minimum atomic E-state index is -0.500. The molecule has 19 heavy (non-hydrogen) atoms. The van der Waals surface area contributed by atoms with Crippen LogP contribution in [-0.2, 0) is 6.54 Å². The lowest BCUT2D eigenvalue weighted by Gasteiger charge is -1.99. The summed E-state index contributed by atoms with van der Waals surface area (Å²) in [6.45, 7) is 3.99. The molecule has 0 atom stereocenters. The van der Waals surface area contributed by atoms with Gasteiger partial charge in [-0.1, -0.05) is 5.16 Å². The van der Waals surface area contributed by atoms with Gasteiger partial charge in [0.15, 0.2) is 11.5 Å². The van der Waals surface area contributed by atoms with E-state index in [4.69, 9.17) is 4.52 Å². The summed E-state index contributed by atoms with van der Waals surface area (Å²) in [7, 11) is 0. The second-order valence-electron chi connectivity index (χ2n) is 4.12. The van der Waals surface area contributed by atoms with Crippen LogP contribution < -0.4 is 11.2 Å². The van der Waals surface area contributed by atoms with Gasteiger partial charge in [0.2, 0.25) is 5.76 Å². The Kier molecular flexibility index (Phi) is 2.37. The maximum absolute atomic E-state index is 11.7. The molecule has 98 valence electrons. The first-order valence-corrected chi connectivity index (χ1v) is 5.76. The average Bonchev–Trinajstić information content (AvgIpc) is 2.96. The smallest absolute Gasteiger partial charge is 0.330 e. The molecule has 0 saturated carbocycles. The molecule has 0 spiro atoms. The number of aryl methyl sites for hydroxylation is 2.